The molecule has 0 aliphatic heterocycles. The van der Waals surface area contributed by atoms with E-state index in [0.717, 1.165) is 25.7 Å². The quantitative estimate of drug-likeness (QED) is 0.773. The number of methoxy groups -OCH3 is 2. The van der Waals surface area contributed by atoms with E-state index in [2.05, 4.69) is 5.32 Å². The molecule has 24 heavy (non-hydrogen) atoms. The van der Waals surface area contributed by atoms with E-state index in [0.29, 0.717) is 18.0 Å². The maximum Gasteiger partial charge on any atom is 0.309 e. The molecule has 1 aliphatic rings. The molecule has 2 rings (SSSR count). The van der Waals surface area contributed by atoms with E-state index in [1.807, 2.05) is 12.1 Å². The molecule has 1 aromatic carbocycles. The lowest BCUT2D eigenvalue weighted by molar-refractivity contribution is -0.148. The summed E-state index contributed by atoms with van der Waals surface area (Å²) in [4.78, 5) is 23.8. The van der Waals surface area contributed by atoms with Crippen LogP contribution in [-0.2, 0) is 14.3 Å². The molecule has 1 aromatic rings. The molecule has 6 heteroatoms. The Hall–Kier alpha value is -2.24. The Balaban J connectivity index is 1.80. The third kappa shape index (κ3) is 4.88. The smallest absolute Gasteiger partial charge is 0.309 e. The topological polar surface area (TPSA) is 73.9 Å². The fraction of sp³-hybridized carbons (Fsp3) is 0.556. The Bertz CT molecular complexity index is 560. The standard InChI is InChI=1S/C18H25NO5/c1-22-15-9-5-6-10-16(15)24-12-17(20)19-11-13-7-3-4-8-14(13)18(21)23-2/h5-6,9-10,13-14H,3-4,7-8,11-12H2,1-2H3,(H,19,20). The van der Waals surface area contributed by atoms with Crippen LogP contribution in [0.15, 0.2) is 24.3 Å². The third-order valence-corrected chi connectivity index (χ3v) is 4.40. The Morgan fingerprint density at radius 1 is 1.12 bits per heavy atom. The number of rotatable bonds is 7. The van der Waals surface area contributed by atoms with Crippen LogP contribution in [0.1, 0.15) is 25.7 Å². The minimum atomic E-state index is -0.213. The summed E-state index contributed by atoms with van der Waals surface area (Å²) in [6.45, 7) is 0.379. The zero-order chi connectivity index (χ0) is 17.4. The second-order valence-corrected chi connectivity index (χ2v) is 5.92. The highest BCUT2D eigenvalue weighted by atomic mass is 16.5. The van der Waals surface area contributed by atoms with Gasteiger partial charge in [-0.3, -0.25) is 9.59 Å². The van der Waals surface area contributed by atoms with Gasteiger partial charge in [0.15, 0.2) is 18.1 Å². The maximum atomic E-state index is 12.0. The largest absolute Gasteiger partial charge is 0.493 e. The molecule has 1 aliphatic carbocycles. The van der Waals surface area contributed by atoms with Crippen LogP contribution in [0.4, 0.5) is 0 Å². The van der Waals surface area contributed by atoms with E-state index in [9.17, 15) is 9.59 Å². The molecular weight excluding hydrogens is 310 g/mol. The monoisotopic (exact) mass is 335 g/mol. The van der Waals surface area contributed by atoms with Crippen LogP contribution < -0.4 is 14.8 Å². The summed E-state index contributed by atoms with van der Waals surface area (Å²) < 4.78 is 15.5. The first-order valence-electron chi connectivity index (χ1n) is 8.26. The molecule has 1 saturated carbocycles. The number of para-hydroxylation sites is 2. The Morgan fingerprint density at radius 3 is 2.54 bits per heavy atom. The number of hydrogen-bond donors (Lipinski definition) is 1. The first-order valence-corrected chi connectivity index (χ1v) is 8.26. The molecule has 2 atom stereocenters. The summed E-state index contributed by atoms with van der Waals surface area (Å²) in [5.74, 6) is 0.721. The minimum Gasteiger partial charge on any atom is -0.493 e. The number of ether oxygens (including phenoxy) is 3. The van der Waals surface area contributed by atoms with Gasteiger partial charge in [0.1, 0.15) is 0 Å². The van der Waals surface area contributed by atoms with Crippen molar-refractivity contribution in [1.82, 2.24) is 5.32 Å². The molecule has 0 saturated heterocycles. The Kier molecular flexibility index (Phi) is 6.90. The summed E-state index contributed by atoms with van der Waals surface area (Å²) >= 11 is 0. The van der Waals surface area contributed by atoms with Gasteiger partial charge in [0.25, 0.3) is 5.91 Å². The predicted octanol–water partition coefficient (Wildman–Crippen LogP) is 2.17. The summed E-state index contributed by atoms with van der Waals surface area (Å²) in [6.07, 6.45) is 3.85. The van der Waals surface area contributed by atoms with E-state index >= 15 is 0 Å². The molecule has 132 valence electrons. The van der Waals surface area contributed by atoms with E-state index in [4.69, 9.17) is 14.2 Å². The van der Waals surface area contributed by atoms with E-state index < -0.39 is 0 Å². The van der Waals surface area contributed by atoms with Gasteiger partial charge in [-0.15, -0.1) is 0 Å². The number of amides is 1. The highest BCUT2D eigenvalue weighted by Gasteiger charge is 2.31. The lowest BCUT2D eigenvalue weighted by atomic mass is 9.79. The van der Waals surface area contributed by atoms with Gasteiger partial charge in [-0.05, 0) is 30.9 Å². The van der Waals surface area contributed by atoms with E-state index in [1.54, 1.807) is 19.2 Å². The predicted molar refractivity (Wildman–Crippen MR) is 89.0 cm³/mol. The molecule has 0 aromatic heterocycles. The van der Waals surface area contributed by atoms with E-state index in [1.165, 1.54) is 7.11 Å². The van der Waals surface area contributed by atoms with Crippen LogP contribution in [0.3, 0.4) is 0 Å². The highest BCUT2D eigenvalue weighted by Crippen LogP contribution is 2.30. The number of hydrogen-bond acceptors (Lipinski definition) is 5. The molecule has 0 spiro atoms. The van der Waals surface area contributed by atoms with Crippen molar-refractivity contribution < 1.29 is 23.8 Å². The molecule has 6 nitrogen and oxygen atoms in total. The van der Waals surface area contributed by atoms with Gasteiger partial charge in [-0.1, -0.05) is 25.0 Å². The second-order valence-electron chi connectivity index (χ2n) is 5.92. The molecule has 1 amide bonds. The Labute approximate surface area is 142 Å². The number of esters is 1. The number of carbonyl (C=O) groups excluding carboxylic acids is 2. The third-order valence-electron chi connectivity index (χ3n) is 4.40. The van der Waals surface area contributed by atoms with Crippen molar-refractivity contribution in [3.8, 4) is 11.5 Å². The average molecular weight is 335 g/mol. The van der Waals surface area contributed by atoms with Gasteiger partial charge in [-0.2, -0.15) is 0 Å². The Morgan fingerprint density at radius 2 is 1.83 bits per heavy atom. The van der Waals surface area contributed by atoms with Crippen LogP contribution in [0.25, 0.3) is 0 Å². The molecule has 0 radical (unpaired) electrons. The van der Waals surface area contributed by atoms with Gasteiger partial charge < -0.3 is 19.5 Å². The first-order chi connectivity index (χ1) is 11.7. The van der Waals surface area contributed by atoms with Crippen molar-refractivity contribution in [1.29, 1.82) is 0 Å². The summed E-state index contributed by atoms with van der Waals surface area (Å²) in [6, 6.07) is 7.18. The van der Waals surface area contributed by atoms with Crippen molar-refractivity contribution in [2.75, 3.05) is 27.4 Å². The van der Waals surface area contributed by atoms with Crippen LogP contribution in [-0.4, -0.2) is 39.2 Å². The number of benzene rings is 1. The molecule has 1 N–H and O–H groups in total. The van der Waals surface area contributed by atoms with Gasteiger partial charge in [-0.25, -0.2) is 0 Å². The summed E-state index contributed by atoms with van der Waals surface area (Å²) in [5, 5.41) is 2.86. The molecule has 0 bridgehead atoms. The molecule has 1 fully saturated rings. The van der Waals surface area contributed by atoms with Crippen molar-refractivity contribution in [2.24, 2.45) is 11.8 Å². The van der Waals surface area contributed by atoms with Gasteiger partial charge >= 0.3 is 5.97 Å². The van der Waals surface area contributed by atoms with Gasteiger partial charge in [0, 0.05) is 6.54 Å². The molecular formula is C18H25NO5. The van der Waals surface area contributed by atoms with Crippen molar-refractivity contribution >= 4 is 11.9 Å². The van der Waals surface area contributed by atoms with Crippen LogP contribution in [0.5, 0.6) is 11.5 Å². The SMILES string of the molecule is COC(=O)C1CCCCC1CNC(=O)COc1ccccc1OC. The van der Waals surface area contributed by atoms with Crippen molar-refractivity contribution in [3.05, 3.63) is 24.3 Å². The highest BCUT2D eigenvalue weighted by molar-refractivity contribution is 5.78. The second kappa shape index (κ2) is 9.15. The number of carbonyl (C=O) groups is 2. The van der Waals surface area contributed by atoms with Gasteiger partial charge in [0.05, 0.1) is 20.1 Å². The molecule has 0 heterocycles. The van der Waals surface area contributed by atoms with E-state index in [-0.39, 0.29) is 30.3 Å². The number of nitrogens with one attached hydrogen (secondary N) is 1. The summed E-state index contributed by atoms with van der Waals surface area (Å²) in [5.41, 5.74) is 0. The zero-order valence-corrected chi connectivity index (χ0v) is 14.2. The van der Waals surface area contributed by atoms with Gasteiger partial charge in [0.2, 0.25) is 0 Å². The van der Waals surface area contributed by atoms with Crippen molar-refractivity contribution in [3.63, 3.8) is 0 Å². The first kappa shape index (κ1) is 18.1. The van der Waals surface area contributed by atoms with Crippen LogP contribution in [0, 0.1) is 11.8 Å². The lowest BCUT2D eigenvalue weighted by Crippen LogP contribution is -2.39. The van der Waals surface area contributed by atoms with Crippen molar-refractivity contribution in [2.45, 2.75) is 25.7 Å². The fourth-order valence-electron chi connectivity index (χ4n) is 3.09. The van der Waals surface area contributed by atoms with Crippen LogP contribution >= 0.6 is 0 Å². The fourth-order valence-corrected chi connectivity index (χ4v) is 3.09. The zero-order valence-electron chi connectivity index (χ0n) is 14.2. The minimum absolute atomic E-state index is 0.0873. The maximum absolute atomic E-state index is 12.0. The lowest BCUT2D eigenvalue weighted by Gasteiger charge is -2.29. The summed E-state index contributed by atoms with van der Waals surface area (Å²) in [7, 11) is 2.96. The normalized spacial score (nSPS) is 20.1. The van der Waals surface area contributed by atoms with Crippen LogP contribution in [0.2, 0.25) is 0 Å². The molecule has 2 unspecified atom stereocenters. The average Bonchev–Trinajstić information content (AvgIpc) is 2.64.